The molecular weight excluding hydrogens is 258 g/mol. The number of ether oxygens (including phenoxy) is 1. The number of rotatable bonds is 7. The molecule has 1 aromatic rings. The van der Waals surface area contributed by atoms with Crippen LogP contribution in [0.25, 0.3) is 0 Å². The molecule has 0 radical (unpaired) electrons. The molecule has 0 amide bonds. The van der Waals surface area contributed by atoms with Gasteiger partial charge in [-0.1, -0.05) is 19.0 Å². The van der Waals surface area contributed by atoms with Crippen molar-refractivity contribution in [1.82, 2.24) is 15.5 Å². The molecule has 0 saturated heterocycles. The van der Waals surface area contributed by atoms with Crippen LogP contribution in [0.2, 0.25) is 0 Å². The molecule has 1 rings (SSSR count). The van der Waals surface area contributed by atoms with Crippen molar-refractivity contribution in [2.45, 2.75) is 59.3 Å². The predicted molar refractivity (Wildman–Crippen MR) is 76.3 cm³/mol. The van der Waals surface area contributed by atoms with Crippen LogP contribution in [0.5, 0.6) is 0 Å². The van der Waals surface area contributed by atoms with E-state index in [9.17, 15) is 5.11 Å². The standard InChI is InChI=1S/C14H27N3O3/c1-9(2)12(13-16-10(3)17-20-13)15-7-11(18)8-19-14(4,5)6/h9,11-12,15,18H,7-8H2,1-6H3. The normalized spacial score (nSPS) is 15.6. The van der Waals surface area contributed by atoms with Crippen LogP contribution in [0.4, 0.5) is 0 Å². The quantitative estimate of drug-likeness (QED) is 0.795. The van der Waals surface area contributed by atoms with Gasteiger partial charge in [0, 0.05) is 6.54 Å². The maximum atomic E-state index is 9.94. The summed E-state index contributed by atoms with van der Waals surface area (Å²) in [5.41, 5.74) is -0.248. The Hall–Kier alpha value is -0.980. The topological polar surface area (TPSA) is 80.4 Å². The highest BCUT2D eigenvalue weighted by atomic mass is 16.5. The zero-order valence-corrected chi connectivity index (χ0v) is 13.3. The van der Waals surface area contributed by atoms with E-state index in [1.165, 1.54) is 0 Å². The second kappa shape index (κ2) is 7.15. The van der Waals surface area contributed by atoms with Crippen LogP contribution >= 0.6 is 0 Å². The van der Waals surface area contributed by atoms with Crippen molar-refractivity contribution >= 4 is 0 Å². The van der Waals surface area contributed by atoms with Crippen LogP contribution in [0, 0.1) is 12.8 Å². The van der Waals surface area contributed by atoms with Gasteiger partial charge < -0.3 is 19.7 Å². The van der Waals surface area contributed by atoms with Crippen molar-refractivity contribution in [2.24, 2.45) is 5.92 Å². The molecule has 116 valence electrons. The first-order chi connectivity index (χ1) is 9.19. The summed E-state index contributed by atoms with van der Waals surface area (Å²) in [5, 5.41) is 17.0. The molecule has 1 heterocycles. The first-order valence-electron chi connectivity index (χ1n) is 7.04. The summed E-state index contributed by atoms with van der Waals surface area (Å²) in [6, 6.07) is -0.0690. The SMILES string of the molecule is Cc1noc(C(NCC(O)COC(C)(C)C)C(C)C)n1. The highest BCUT2D eigenvalue weighted by molar-refractivity contribution is 4.93. The van der Waals surface area contributed by atoms with Crippen molar-refractivity contribution < 1.29 is 14.4 Å². The summed E-state index contributed by atoms with van der Waals surface area (Å²) in [5.74, 6) is 1.45. The van der Waals surface area contributed by atoms with E-state index in [-0.39, 0.29) is 17.6 Å². The number of aryl methyl sites for hydroxylation is 1. The number of nitrogens with zero attached hydrogens (tertiary/aromatic N) is 2. The van der Waals surface area contributed by atoms with E-state index < -0.39 is 6.10 Å². The summed E-state index contributed by atoms with van der Waals surface area (Å²) in [6.07, 6.45) is -0.570. The lowest BCUT2D eigenvalue weighted by molar-refractivity contribution is -0.0488. The zero-order chi connectivity index (χ0) is 15.3. The minimum Gasteiger partial charge on any atom is -0.389 e. The van der Waals surface area contributed by atoms with E-state index in [0.29, 0.717) is 24.9 Å². The number of aliphatic hydroxyl groups excluding tert-OH is 1. The number of hydrogen-bond donors (Lipinski definition) is 2. The molecule has 0 aliphatic rings. The largest absolute Gasteiger partial charge is 0.389 e. The van der Waals surface area contributed by atoms with Gasteiger partial charge in [0.05, 0.1) is 24.4 Å². The number of aliphatic hydroxyl groups is 1. The molecule has 2 unspecified atom stereocenters. The molecule has 0 aliphatic heterocycles. The van der Waals surface area contributed by atoms with Crippen LogP contribution in [-0.4, -0.2) is 40.1 Å². The molecule has 1 aromatic heterocycles. The number of hydrogen-bond acceptors (Lipinski definition) is 6. The molecule has 0 aliphatic carbocycles. The van der Waals surface area contributed by atoms with Gasteiger partial charge in [0.25, 0.3) is 0 Å². The fourth-order valence-corrected chi connectivity index (χ4v) is 1.72. The molecule has 0 aromatic carbocycles. The van der Waals surface area contributed by atoms with Crippen LogP contribution in [-0.2, 0) is 4.74 Å². The number of aromatic nitrogens is 2. The van der Waals surface area contributed by atoms with E-state index in [4.69, 9.17) is 9.26 Å². The van der Waals surface area contributed by atoms with Gasteiger partial charge in [-0.25, -0.2) is 0 Å². The van der Waals surface area contributed by atoms with E-state index in [0.717, 1.165) is 0 Å². The third-order valence-corrected chi connectivity index (χ3v) is 2.76. The summed E-state index contributed by atoms with van der Waals surface area (Å²) < 4.78 is 10.8. The minimum absolute atomic E-state index is 0.0690. The molecular formula is C14H27N3O3. The van der Waals surface area contributed by atoms with Crippen molar-refractivity contribution in [2.75, 3.05) is 13.2 Å². The van der Waals surface area contributed by atoms with Crippen molar-refractivity contribution in [3.8, 4) is 0 Å². The van der Waals surface area contributed by atoms with Gasteiger partial charge in [0.1, 0.15) is 0 Å². The third-order valence-electron chi connectivity index (χ3n) is 2.76. The van der Waals surface area contributed by atoms with Gasteiger partial charge in [-0.05, 0) is 33.6 Å². The summed E-state index contributed by atoms with van der Waals surface area (Å²) in [7, 11) is 0. The van der Waals surface area contributed by atoms with Gasteiger partial charge in [-0.3, -0.25) is 0 Å². The lowest BCUT2D eigenvalue weighted by Gasteiger charge is -2.24. The molecule has 0 spiro atoms. The van der Waals surface area contributed by atoms with E-state index in [1.807, 2.05) is 20.8 Å². The van der Waals surface area contributed by atoms with Crippen molar-refractivity contribution in [3.63, 3.8) is 0 Å². The molecule has 2 N–H and O–H groups in total. The van der Waals surface area contributed by atoms with E-state index >= 15 is 0 Å². The lowest BCUT2D eigenvalue weighted by atomic mass is 10.0. The highest BCUT2D eigenvalue weighted by Crippen LogP contribution is 2.19. The van der Waals surface area contributed by atoms with Crippen LogP contribution < -0.4 is 5.32 Å². The van der Waals surface area contributed by atoms with Gasteiger partial charge in [-0.15, -0.1) is 0 Å². The zero-order valence-electron chi connectivity index (χ0n) is 13.3. The second-order valence-corrected chi connectivity index (χ2v) is 6.39. The molecule has 0 saturated carbocycles. The molecule has 6 nitrogen and oxygen atoms in total. The van der Waals surface area contributed by atoms with E-state index in [2.05, 4.69) is 29.3 Å². The summed E-state index contributed by atoms with van der Waals surface area (Å²) in [6.45, 7) is 12.5. The Morgan fingerprint density at radius 2 is 2.00 bits per heavy atom. The monoisotopic (exact) mass is 285 g/mol. The molecule has 6 heteroatoms. The molecule has 20 heavy (non-hydrogen) atoms. The first kappa shape index (κ1) is 17.1. The van der Waals surface area contributed by atoms with Crippen molar-refractivity contribution in [1.29, 1.82) is 0 Å². The Balaban J connectivity index is 2.47. The van der Waals surface area contributed by atoms with Crippen LogP contribution in [0.3, 0.4) is 0 Å². The van der Waals surface area contributed by atoms with Gasteiger partial charge in [-0.2, -0.15) is 4.98 Å². The first-order valence-corrected chi connectivity index (χ1v) is 7.04. The van der Waals surface area contributed by atoms with Crippen LogP contribution in [0.1, 0.15) is 52.4 Å². The van der Waals surface area contributed by atoms with Gasteiger partial charge in [0.15, 0.2) is 5.82 Å². The fraction of sp³-hybridized carbons (Fsp3) is 0.857. The fourth-order valence-electron chi connectivity index (χ4n) is 1.72. The second-order valence-electron chi connectivity index (χ2n) is 6.39. The van der Waals surface area contributed by atoms with Gasteiger partial charge in [0.2, 0.25) is 5.89 Å². The lowest BCUT2D eigenvalue weighted by Crippen LogP contribution is -2.37. The molecule has 2 atom stereocenters. The Morgan fingerprint density at radius 1 is 1.35 bits per heavy atom. The highest BCUT2D eigenvalue weighted by Gasteiger charge is 2.23. The summed E-state index contributed by atoms with van der Waals surface area (Å²) in [4.78, 5) is 4.24. The van der Waals surface area contributed by atoms with Gasteiger partial charge >= 0.3 is 0 Å². The maximum absolute atomic E-state index is 9.94. The number of nitrogens with one attached hydrogen (secondary N) is 1. The Morgan fingerprint density at radius 3 is 2.45 bits per heavy atom. The smallest absolute Gasteiger partial charge is 0.244 e. The third kappa shape index (κ3) is 5.98. The average molecular weight is 285 g/mol. The van der Waals surface area contributed by atoms with Crippen molar-refractivity contribution in [3.05, 3.63) is 11.7 Å². The Kier molecular flexibility index (Phi) is 6.10. The average Bonchev–Trinajstić information content (AvgIpc) is 2.72. The predicted octanol–water partition coefficient (Wildman–Crippen LogP) is 1.84. The molecule has 0 bridgehead atoms. The van der Waals surface area contributed by atoms with Crippen LogP contribution in [0.15, 0.2) is 4.52 Å². The Labute approximate surface area is 120 Å². The summed E-state index contributed by atoms with van der Waals surface area (Å²) >= 11 is 0. The maximum Gasteiger partial charge on any atom is 0.244 e. The Bertz CT molecular complexity index is 399. The molecule has 0 fully saturated rings. The van der Waals surface area contributed by atoms with E-state index in [1.54, 1.807) is 6.92 Å². The minimum atomic E-state index is -0.570.